The molecule has 0 aromatic heterocycles. The fraction of sp³-hybridized carbons (Fsp3) is 0.500. The highest BCUT2D eigenvalue weighted by Gasteiger charge is 2.38. The highest BCUT2D eigenvalue weighted by Crippen LogP contribution is 2.22. The summed E-state index contributed by atoms with van der Waals surface area (Å²) in [6.45, 7) is 4.98. The van der Waals surface area contributed by atoms with Crippen molar-refractivity contribution < 1.29 is 13.2 Å². The average molecular weight is 268 g/mol. The van der Waals surface area contributed by atoms with Gasteiger partial charge in [0.1, 0.15) is 4.75 Å². The Balaban J connectivity index is 3.15. The molecular formula is C14H20O3S. The van der Waals surface area contributed by atoms with Crippen molar-refractivity contribution in [1.29, 1.82) is 0 Å². The Hall–Kier alpha value is -1.16. The first-order valence-corrected chi connectivity index (χ1v) is 7.92. The van der Waals surface area contributed by atoms with Gasteiger partial charge < -0.3 is 0 Å². The predicted octanol–water partition coefficient (Wildman–Crippen LogP) is 2.65. The fourth-order valence-electron chi connectivity index (χ4n) is 1.67. The standard InChI is InChI=1S/C14H20O3S/c1-5-7-11-8-6-9-12(10-11)13(15)14(2,3)18(4,16)17/h6,8-10H,5,7H2,1-4H3. The van der Waals surface area contributed by atoms with Crippen LogP contribution in [0, 0.1) is 0 Å². The van der Waals surface area contributed by atoms with Gasteiger partial charge in [0.2, 0.25) is 0 Å². The molecule has 0 saturated heterocycles. The molecule has 0 saturated carbocycles. The number of benzene rings is 1. The summed E-state index contributed by atoms with van der Waals surface area (Å²) in [6, 6.07) is 7.22. The van der Waals surface area contributed by atoms with E-state index in [-0.39, 0.29) is 5.78 Å². The molecule has 0 N–H and O–H groups in total. The molecule has 0 spiro atoms. The van der Waals surface area contributed by atoms with Crippen molar-refractivity contribution in [2.45, 2.75) is 38.4 Å². The molecule has 0 aliphatic carbocycles. The van der Waals surface area contributed by atoms with Gasteiger partial charge in [0.15, 0.2) is 15.6 Å². The number of hydrogen-bond acceptors (Lipinski definition) is 3. The first kappa shape index (κ1) is 14.9. The molecule has 0 unspecified atom stereocenters. The minimum atomic E-state index is -3.42. The molecule has 3 nitrogen and oxygen atoms in total. The van der Waals surface area contributed by atoms with Gasteiger partial charge in [-0.2, -0.15) is 0 Å². The summed E-state index contributed by atoms with van der Waals surface area (Å²) in [5, 5.41) is 0. The average Bonchev–Trinajstić information content (AvgIpc) is 2.27. The lowest BCUT2D eigenvalue weighted by Gasteiger charge is -2.21. The summed E-state index contributed by atoms with van der Waals surface area (Å²) >= 11 is 0. The van der Waals surface area contributed by atoms with E-state index in [9.17, 15) is 13.2 Å². The summed E-state index contributed by atoms with van der Waals surface area (Å²) < 4.78 is 21.9. The minimum absolute atomic E-state index is 0.344. The predicted molar refractivity (Wildman–Crippen MR) is 73.7 cm³/mol. The van der Waals surface area contributed by atoms with E-state index in [1.54, 1.807) is 18.2 Å². The maximum absolute atomic E-state index is 12.3. The Morgan fingerprint density at radius 2 is 1.89 bits per heavy atom. The third-order valence-electron chi connectivity index (χ3n) is 3.20. The molecule has 0 fully saturated rings. The summed E-state index contributed by atoms with van der Waals surface area (Å²) in [6.07, 6.45) is 2.98. The van der Waals surface area contributed by atoms with Crippen molar-refractivity contribution in [3.8, 4) is 0 Å². The molecule has 0 atom stereocenters. The van der Waals surface area contributed by atoms with E-state index in [1.165, 1.54) is 13.8 Å². The van der Waals surface area contributed by atoms with Crippen molar-refractivity contribution in [2.75, 3.05) is 6.26 Å². The van der Waals surface area contributed by atoms with Gasteiger partial charge >= 0.3 is 0 Å². The molecule has 100 valence electrons. The summed E-state index contributed by atoms with van der Waals surface area (Å²) in [4.78, 5) is 12.3. The minimum Gasteiger partial charge on any atom is -0.292 e. The Kier molecular flexibility index (Phi) is 4.32. The summed E-state index contributed by atoms with van der Waals surface area (Å²) in [7, 11) is -3.42. The molecule has 1 aromatic carbocycles. The number of carbonyl (C=O) groups is 1. The zero-order chi connectivity index (χ0) is 14.0. The molecule has 4 heteroatoms. The monoisotopic (exact) mass is 268 g/mol. The molecule has 0 radical (unpaired) electrons. The molecule has 0 aliphatic heterocycles. The van der Waals surface area contributed by atoms with E-state index < -0.39 is 14.6 Å². The van der Waals surface area contributed by atoms with Crippen molar-refractivity contribution in [1.82, 2.24) is 0 Å². The quantitative estimate of drug-likeness (QED) is 0.771. The normalized spacial score (nSPS) is 12.4. The number of sulfone groups is 1. The van der Waals surface area contributed by atoms with Crippen LogP contribution in [0.5, 0.6) is 0 Å². The van der Waals surface area contributed by atoms with Crippen molar-refractivity contribution in [3.05, 3.63) is 35.4 Å². The lowest BCUT2D eigenvalue weighted by atomic mass is 9.97. The lowest BCUT2D eigenvalue weighted by Crippen LogP contribution is -2.39. The number of ketones is 1. The van der Waals surface area contributed by atoms with Crippen LogP contribution in [0.1, 0.15) is 43.1 Å². The van der Waals surface area contributed by atoms with Crippen LogP contribution in [0.4, 0.5) is 0 Å². The highest BCUT2D eigenvalue weighted by atomic mass is 32.2. The Morgan fingerprint density at radius 3 is 2.39 bits per heavy atom. The van der Waals surface area contributed by atoms with Gasteiger partial charge in [-0.25, -0.2) is 8.42 Å². The molecule has 18 heavy (non-hydrogen) atoms. The molecule has 0 bridgehead atoms. The van der Waals surface area contributed by atoms with Crippen LogP contribution in [0.2, 0.25) is 0 Å². The second kappa shape index (κ2) is 5.22. The maximum Gasteiger partial charge on any atom is 0.183 e. The zero-order valence-electron chi connectivity index (χ0n) is 11.4. The summed E-state index contributed by atoms with van der Waals surface area (Å²) in [5.74, 6) is -0.344. The van der Waals surface area contributed by atoms with Crippen molar-refractivity contribution in [2.24, 2.45) is 0 Å². The van der Waals surface area contributed by atoms with E-state index in [0.717, 1.165) is 24.7 Å². The highest BCUT2D eigenvalue weighted by molar-refractivity contribution is 7.92. The third-order valence-corrected chi connectivity index (χ3v) is 5.24. The van der Waals surface area contributed by atoms with Crippen molar-refractivity contribution >= 4 is 15.6 Å². The third kappa shape index (κ3) is 2.99. The molecule has 0 heterocycles. The van der Waals surface area contributed by atoms with Gasteiger partial charge in [-0.3, -0.25) is 4.79 Å². The van der Waals surface area contributed by atoms with Gasteiger partial charge in [-0.15, -0.1) is 0 Å². The van der Waals surface area contributed by atoms with Gasteiger partial charge in [-0.05, 0) is 31.9 Å². The van der Waals surface area contributed by atoms with Crippen LogP contribution < -0.4 is 0 Å². The number of rotatable bonds is 5. The SMILES string of the molecule is CCCc1cccc(C(=O)C(C)(C)S(C)(=O)=O)c1. The van der Waals surface area contributed by atoms with Gasteiger partial charge in [0.05, 0.1) is 0 Å². The number of hydrogen-bond donors (Lipinski definition) is 0. The van der Waals surface area contributed by atoms with Crippen LogP contribution in [0.3, 0.4) is 0 Å². The Morgan fingerprint density at radius 1 is 1.28 bits per heavy atom. The Labute approximate surface area is 109 Å². The van der Waals surface area contributed by atoms with Crippen LogP contribution in [-0.2, 0) is 16.3 Å². The van der Waals surface area contributed by atoms with E-state index in [2.05, 4.69) is 6.92 Å². The molecular weight excluding hydrogens is 248 g/mol. The molecule has 0 aliphatic rings. The number of carbonyl (C=O) groups excluding carboxylic acids is 1. The Bertz CT molecular complexity index is 542. The largest absolute Gasteiger partial charge is 0.292 e. The van der Waals surface area contributed by atoms with Crippen LogP contribution in [-0.4, -0.2) is 25.2 Å². The summed E-state index contributed by atoms with van der Waals surface area (Å²) in [5.41, 5.74) is 1.53. The second-order valence-corrected chi connectivity index (χ2v) is 7.63. The molecule has 0 amide bonds. The van der Waals surface area contributed by atoms with E-state index in [4.69, 9.17) is 0 Å². The number of Topliss-reactive ketones (excluding diaryl/α,β-unsaturated/α-hetero) is 1. The van der Waals surface area contributed by atoms with Crippen LogP contribution >= 0.6 is 0 Å². The van der Waals surface area contributed by atoms with E-state index >= 15 is 0 Å². The van der Waals surface area contributed by atoms with E-state index in [1.807, 2.05) is 6.07 Å². The first-order chi connectivity index (χ1) is 8.20. The molecule has 1 rings (SSSR count). The van der Waals surface area contributed by atoms with Crippen molar-refractivity contribution in [3.63, 3.8) is 0 Å². The van der Waals surface area contributed by atoms with E-state index in [0.29, 0.717) is 5.56 Å². The van der Waals surface area contributed by atoms with Crippen LogP contribution in [0.25, 0.3) is 0 Å². The maximum atomic E-state index is 12.3. The smallest absolute Gasteiger partial charge is 0.183 e. The van der Waals surface area contributed by atoms with Gasteiger partial charge in [-0.1, -0.05) is 31.5 Å². The first-order valence-electron chi connectivity index (χ1n) is 6.03. The van der Waals surface area contributed by atoms with Crippen LogP contribution in [0.15, 0.2) is 24.3 Å². The number of aryl methyl sites for hydroxylation is 1. The lowest BCUT2D eigenvalue weighted by molar-refractivity contribution is 0.0954. The topological polar surface area (TPSA) is 51.2 Å². The van der Waals surface area contributed by atoms with Gasteiger partial charge in [0, 0.05) is 11.8 Å². The second-order valence-electron chi connectivity index (χ2n) is 5.06. The zero-order valence-corrected chi connectivity index (χ0v) is 12.2. The fourth-order valence-corrected chi connectivity index (χ4v) is 2.13. The molecule has 1 aromatic rings. The van der Waals surface area contributed by atoms with Gasteiger partial charge in [0.25, 0.3) is 0 Å².